The van der Waals surface area contributed by atoms with Crippen molar-refractivity contribution in [2.75, 3.05) is 36.0 Å². The summed E-state index contributed by atoms with van der Waals surface area (Å²) in [7, 11) is 0. The molecule has 1 saturated heterocycles. The number of nitrogens with zero attached hydrogens (tertiary/aromatic N) is 5. The molecule has 0 aliphatic carbocycles. The lowest BCUT2D eigenvalue weighted by Crippen LogP contribution is -2.47. The normalized spacial score (nSPS) is 14.0. The van der Waals surface area contributed by atoms with Gasteiger partial charge in [0, 0.05) is 51.3 Å². The Morgan fingerprint density at radius 2 is 1.79 bits per heavy atom. The third-order valence-electron chi connectivity index (χ3n) is 4.81. The molecule has 148 valence electrons. The fourth-order valence-electron chi connectivity index (χ4n) is 3.26. The van der Waals surface area contributed by atoms with E-state index in [-0.39, 0.29) is 11.7 Å². The molecular formula is C21H21FN6O. The van der Waals surface area contributed by atoms with Crippen LogP contribution in [-0.2, 0) is 6.54 Å². The molecule has 0 radical (unpaired) electrons. The van der Waals surface area contributed by atoms with Gasteiger partial charge in [0.05, 0.1) is 5.69 Å². The molecule has 3 heterocycles. The number of hydrogen-bond donors (Lipinski definition) is 1. The van der Waals surface area contributed by atoms with E-state index in [1.54, 1.807) is 36.8 Å². The molecule has 1 aliphatic heterocycles. The van der Waals surface area contributed by atoms with E-state index in [0.29, 0.717) is 50.1 Å². The van der Waals surface area contributed by atoms with Crippen molar-refractivity contribution < 1.29 is 9.18 Å². The molecule has 1 fully saturated rings. The van der Waals surface area contributed by atoms with E-state index < -0.39 is 0 Å². The first-order valence-electron chi connectivity index (χ1n) is 9.45. The fraction of sp³-hybridized carbons (Fsp3) is 0.238. The summed E-state index contributed by atoms with van der Waals surface area (Å²) in [6, 6.07) is 12.1. The summed E-state index contributed by atoms with van der Waals surface area (Å²) in [4.78, 5) is 29.2. The summed E-state index contributed by atoms with van der Waals surface area (Å²) in [5.41, 5.74) is 1.84. The van der Waals surface area contributed by atoms with E-state index in [0.717, 1.165) is 5.56 Å². The highest BCUT2D eigenvalue weighted by Crippen LogP contribution is 2.21. The summed E-state index contributed by atoms with van der Waals surface area (Å²) in [5.74, 6) is 0.0270. The Labute approximate surface area is 168 Å². The molecular weight excluding hydrogens is 371 g/mol. The van der Waals surface area contributed by atoms with Gasteiger partial charge in [-0.25, -0.2) is 14.4 Å². The number of carbonyl (C=O) groups excluding carboxylic acids is 1. The van der Waals surface area contributed by atoms with Crippen LogP contribution in [0.15, 0.2) is 61.1 Å². The first kappa shape index (κ1) is 18.8. The maximum Gasteiger partial charge on any atom is 0.270 e. The van der Waals surface area contributed by atoms with Gasteiger partial charge >= 0.3 is 0 Å². The van der Waals surface area contributed by atoms with Gasteiger partial charge in [0.1, 0.15) is 11.5 Å². The molecule has 1 aromatic carbocycles. The molecule has 0 saturated carbocycles. The van der Waals surface area contributed by atoms with Crippen LogP contribution in [0.4, 0.5) is 16.0 Å². The summed E-state index contributed by atoms with van der Waals surface area (Å²) >= 11 is 0. The predicted octanol–water partition coefficient (Wildman–Crippen LogP) is 2.27. The first-order valence-corrected chi connectivity index (χ1v) is 9.45. The predicted molar refractivity (Wildman–Crippen MR) is 108 cm³/mol. The third kappa shape index (κ3) is 4.48. The number of amides is 1. The molecule has 0 bridgehead atoms. The molecule has 3 aromatic rings. The topological polar surface area (TPSA) is 74.2 Å². The van der Waals surface area contributed by atoms with E-state index in [1.165, 1.54) is 6.07 Å². The number of benzene rings is 1. The quantitative estimate of drug-likeness (QED) is 0.718. The molecule has 7 nitrogen and oxygen atoms in total. The van der Waals surface area contributed by atoms with Crippen molar-refractivity contribution >= 4 is 17.5 Å². The zero-order valence-electron chi connectivity index (χ0n) is 15.8. The van der Waals surface area contributed by atoms with E-state index in [9.17, 15) is 9.18 Å². The van der Waals surface area contributed by atoms with Crippen LogP contribution >= 0.6 is 0 Å². The number of hydrogen-bond acceptors (Lipinski definition) is 6. The minimum absolute atomic E-state index is 0.218. The van der Waals surface area contributed by atoms with Gasteiger partial charge < -0.3 is 15.1 Å². The first-order chi connectivity index (χ1) is 14.2. The number of para-hydroxylation sites is 1. The third-order valence-corrected chi connectivity index (χ3v) is 4.81. The van der Waals surface area contributed by atoms with Crippen LogP contribution in [-0.4, -0.2) is 47.0 Å². The molecule has 0 atom stereocenters. The fourth-order valence-corrected chi connectivity index (χ4v) is 3.26. The second-order valence-electron chi connectivity index (χ2n) is 6.71. The Morgan fingerprint density at radius 3 is 2.55 bits per heavy atom. The van der Waals surface area contributed by atoms with Gasteiger partial charge in [-0.15, -0.1) is 0 Å². The molecule has 1 amide bonds. The zero-order valence-corrected chi connectivity index (χ0v) is 15.8. The number of aromatic nitrogens is 3. The lowest BCUT2D eigenvalue weighted by molar-refractivity contribution is 0.0945. The number of rotatable bonds is 5. The lowest BCUT2D eigenvalue weighted by Gasteiger charge is -2.36. The molecule has 1 N–H and O–H groups in total. The van der Waals surface area contributed by atoms with Crippen LogP contribution < -0.4 is 15.1 Å². The van der Waals surface area contributed by atoms with Gasteiger partial charge in [-0.05, 0) is 29.8 Å². The van der Waals surface area contributed by atoms with E-state index >= 15 is 0 Å². The second-order valence-corrected chi connectivity index (χ2v) is 6.71. The molecule has 4 rings (SSSR count). The summed E-state index contributed by atoms with van der Waals surface area (Å²) in [5, 5.41) is 2.84. The van der Waals surface area contributed by atoms with Gasteiger partial charge in [-0.1, -0.05) is 18.2 Å². The van der Waals surface area contributed by atoms with Crippen molar-refractivity contribution in [2.24, 2.45) is 0 Å². The van der Waals surface area contributed by atoms with Crippen LogP contribution in [0.5, 0.6) is 0 Å². The standard InChI is InChI=1S/C21H21FN6O/c22-17-5-1-2-6-19(17)27-10-12-28(13-11-27)21-24-9-7-18(26-21)20(29)25-15-16-4-3-8-23-14-16/h1-9,14H,10-13,15H2,(H,25,29). The van der Waals surface area contributed by atoms with Crippen molar-refractivity contribution in [3.8, 4) is 0 Å². The van der Waals surface area contributed by atoms with Gasteiger partial charge in [0.2, 0.25) is 5.95 Å². The van der Waals surface area contributed by atoms with E-state index in [4.69, 9.17) is 0 Å². The van der Waals surface area contributed by atoms with Gasteiger partial charge in [-0.2, -0.15) is 0 Å². The number of piperazine rings is 1. The average molecular weight is 392 g/mol. The molecule has 8 heteroatoms. The molecule has 1 aliphatic rings. The lowest BCUT2D eigenvalue weighted by atomic mass is 10.2. The Balaban J connectivity index is 1.38. The zero-order chi connectivity index (χ0) is 20.1. The Hall–Kier alpha value is -3.55. The van der Waals surface area contributed by atoms with Crippen molar-refractivity contribution in [3.05, 3.63) is 78.1 Å². The van der Waals surface area contributed by atoms with E-state index in [2.05, 4.69) is 20.3 Å². The number of nitrogens with one attached hydrogen (secondary N) is 1. The van der Waals surface area contributed by atoms with E-state index in [1.807, 2.05) is 28.0 Å². The number of carbonyl (C=O) groups is 1. The van der Waals surface area contributed by atoms with Gasteiger partial charge in [0.25, 0.3) is 5.91 Å². The monoisotopic (exact) mass is 392 g/mol. The largest absolute Gasteiger partial charge is 0.366 e. The van der Waals surface area contributed by atoms with Crippen molar-refractivity contribution in [1.29, 1.82) is 0 Å². The Bertz CT molecular complexity index is 976. The smallest absolute Gasteiger partial charge is 0.270 e. The number of halogens is 1. The van der Waals surface area contributed by atoms with Crippen molar-refractivity contribution in [2.45, 2.75) is 6.54 Å². The van der Waals surface area contributed by atoms with Crippen molar-refractivity contribution in [3.63, 3.8) is 0 Å². The highest BCUT2D eigenvalue weighted by atomic mass is 19.1. The summed E-state index contributed by atoms with van der Waals surface area (Å²) in [6.45, 7) is 2.99. The summed E-state index contributed by atoms with van der Waals surface area (Å²) < 4.78 is 14.0. The highest BCUT2D eigenvalue weighted by molar-refractivity contribution is 5.92. The van der Waals surface area contributed by atoms with Gasteiger partial charge in [0.15, 0.2) is 0 Å². The molecule has 2 aromatic heterocycles. The molecule has 29 heavy (non-hydrogen) atoms. The van der Waals surface area contributed by atoms with Crippen LogP contribution in [0.2, 0.25) is 0 Å². The summed E-state index contributed by atoms with van der Waals surface area (Å²) in [6.07, 6.45) is 4.99. The van der Waals surface area contributed by atoms with Crippen LogP contribution in [0.25, 0.3) is 0 Å². The van der Waals surface area contributed by atoms with Crippen LogP contribution in [0, 0.1) is 5.82 Å². The maximum atomic E-state index is 14.0. The maximum absolute atomic E-state index is 14.0. The average Bonchev–Trinajstić information content (AvgIpc) is 2.79. The second kappa shape index (κ2) is 8.64. The Morgan fingerprint density at radius 1 is 1.00 bits per heavy atom. The highest BCUT2D eigenvalue weighted by Gasteiger charge is 2.21. The van der Waals surface area contributed by atoms with Gasteiger partial charge in [-0.3, -0.25) is 9.78 Å². The van der Waals surface area contributed by atoms with Crippen LogP contribution in [0.1, 0.15) is 16.1 Å². The Kier molecular flexibility index (Phi) is 5.60. The SMILES string of the molecule is O=C(NCc1cccnc1)c1ccnc(N2CCN(c3ccccc3F)CC2)n1. The minimum atomic E-state index is -0.262. The van der Waals surface area contributed by atoms with Crippen molar-refractivity contribution in [1.82, 2.24) is 20.3 Å². The number of anilines is 2. The minimum Gasteiger partial charge on any atom is -0.366 e. The van der Waals surface area contributed by atoms with Crippen LogP contribution in [0.3, 0.4) is 0 Å². The molecule has 0 spiro atoms. The molecule has 0 unspecified atom stereocenters. The number of pyridine rings is 1.